The predicted octanol–water partition coefficient (Wildman–Crippen LogP) is 0.357. The first-order chi connectivity index (χ1) is 6.22. The predicted molar refractivity (Wildman–Crippen MR) is 51.8 cm³/mol. The van der Waals surface area contributed by atoms with Crippen LogP contribution in [0.1, 0.15) is 25.7 Å². The summed E-state index contributed by atoms with van der Waals surface area (Å²) in [5.74, 6) is 0. The Balaban J connectivity index is 0. The number of unbranched alkanes of at least 4 members (excludes halogenated alkanes) is 3. The number of hydrazine groups is 1. The summed E-state index contributed by atoms with van der Waals surface area (Å²) in [7, 11) is 1.55. The third kappa shape index (κ3) is 8.55. The van der Waals surface area contributed by atoms with E-state index in [0.29, 0.717) is 6.54 Å². The smallest absolute Gasteiger partial charge is 0.230 e. The molecule has 6 nitrogen and oxygen atoms in total. The molecular weight excluding hydrogens is 197 g/mol. The first-order valence-corrected chi connectivity index (χ1v) is 4.36. The summed E-state index contributed by atoms with van der Waals surface area (Å²) in [6.07, 6.45) is 3.57. The van der Waals surface area contributed by atoms with E-state index in [1.807, 2.05) is 0 Å². The van der Waals surface area contributed by atoms with Crippen LogP contribution in [0.25, 0.3) is 0 Å². The number of aliphatic hydroxyl groups is 1. The second kappa shape index (κ2) is 11.0. The van der Waals surface area contributed by atoms with E-state index in [9.17, 15) is 5.21 Å². The van der Waals surface area contributed by atoms with Crippen LogP contribution in [0.3, 0.4) is 0 Å². The van der Waals surface area contributed by atoms with Gasteiger partial charge in [-0.05, 0) is 12.8 Å². The Hall–Kier alpha value is -0.0400. The number of hydrogen-bond acceptors (Lipinski definition) is 3. The number of aliphatic hydroxyl groups excluding tert-OH is 1. The minimum Gasteiger partial charge on any atom is -0.569 e. The molecule has 0 rings (SSSR count). The van der Waals surface area contributed by atoms with E-state index < -0.39 is 0 Å². The van der Waals surface area contributed by atoms with Crippen LogP contribution in [-0.4, -0.2) is 70.0 Å². The van der Waals surface area contributed by atoms with Crippen LogP contribution in [0.15, 0.2) is 5.28 Å². The fraction of sp³-hybridized carbons (Fsp3) is 1.00. The Kier molecular flexibility index (Phi) is 12.9. The number of hydrogen-bond donors (Lipinski definition) is 2. The van der Waals surface area contributed by atoms with Crippen LogP contribution in [0.4, 0.5) is 0 Å². The topological polar surface area (TPSA) is 82.1 Å². The second-order valence-electron chi connectivity index (χ2n) is 2.86. The van der Waals surface area contributed by atoms with Gasteiger partial charge in [0.25, 0.3) is 0 Å². The maximum absolute atomic E-state index is 10.6. The van der Waals surface area contributed by atoms with Gasteiger partial charge in [0.1, 0.15) is 0 Å². The van der Waals surface area contributed by atoms with Gasteiger partial charge in [0.15, 0.2) is 0 Å². The summed E-state index contributed by atoms with van der Waals surface area (Å²) in [5, 5.41) is 31.0. The zero-order chi connectivity index (χ0) is 10.1. The van der Waals surface area contributed by atoms with Gasteiger partial charge < -0.3 is 15.5 Å². The summed E-state index contributed by atoms with van der Waals surface area (Å²) in [6, 6.07) is 0. The molecule has 79 valence electrons. The van der Waals surface area contributed by atoms with E-state index in [0.717, 1.165) is 25.7 Å². The molecule has 0 heterocycles. The average Bonchev–Trinajstić information content (AvgIpc) is 2.16. The van der Waals surface area contributed by atoms with Gasteiger partial charge in [0.05, 0.1) is 18.6 Å². The molecule has 0 saturated heterocycles. The molecule has 0 aliphatic carbocycles. The standard InChI is InChI=1S/C7H17N3O3.Na/c1-9(10(13)8-12)6-4-2-3-5-7-11;/h11-12H,2-7H2,1H3;/b10-8-;. The second-order valence-corrected chi connectivity index (χ2v) is 2.86. The Morgan fingerprint density at radius 1 is 1.29 bits per heavy atom. The van der Waals surface area contributed by atoms with E-state index in [2.05, 4.69) is 5.28 Å². The summed E-state index contributed by atoms with van der Waals surface area (Å²) in [5.41, 5.74) is 0. The van der Waals surface area contributed by atoms with Crippen molar-refractivity contribution in [3.63, 3.8) is 0 Å². The van der Waals surface area contributed by atoms with E-state index in [-0.39, 0.29) is 41.1 Å². The van der Waals surface area contributed by atoms with Crippen molar-refractivity contribution in [3.05, 3.63) is 5.21 Å². The van der Waals surface area contributed by atoms with Crippen LogP contribution in [0, 0.1) is 5.21 Å². The molecule has 2 N–H and O–H groups in total. The summed E-state index contributed by atoms with van der Waals surface area (Å²) in [4.78, 5) is 0.145. The third-order valence-electron chi connectivity index (χ3n) is 1.76. The van der Waals surface area contributed by atoms with Crippen molar-refractivity contribution in [2.24, 2.45) is 5.28 Å². The molecule has 0 saturated carbocycles. The van der Waals surface area contributed by atoms with E-state index in [4.69, 9.17) is 10.3 Å². The van der Waals surface area contributed by atoms with E-state index in [1.165, 1.54) is 5.01 Å². The van der Waals surface area contributed by atoms with Crippen LogP contribution in [-0.2, 0) is 0 Å². The van der Waals surface area contributed by atoms with Crippen molar-refractivity contribution in [3.8, 4) is 0 Å². The van der Waals surface area contributed by atoms with E-state index >= 15 is 0 Å². The first-order valence-electron chi connectivity index (χ1n) is 4.36. The Morgan fingerprint density at radius 3 is 2.36 bits per heavy atom. The third-order valence-corrected chi connectivity index (χ3v) is 1.76. The number of nitrogens with zero attached hydrogens (tertiary/aromatic N) is 3. The van der Waals surface area contributed by atoms with Crippen LogP contribution in [0.5, 0.6) is 0 Å². The molecule has 0 aliphatic heterocycles. The molecule has 14 heavy (non-hydrogen) atoms. The SMILES string of the molecule is CN(CCCCCCO)/[N+]([O-])=N/O.[Na]. The molecule has 0 aromatic carbocycles. The van der Waals surface area contributed by atoms with Gasteiger partial charge in [-0.2, -0.15) is 0 Å². The van der Waals surface area contributed by atoms with Crippen LogP contribution >= 0.6 is 0 Å². The Bertz CT molecular complexity index is 157. The monoisotopic (exact) mass is 214 g/mol. The van der Waals surface area contributed by atoms with E-state index in [1.54, 1.807) is 7.05 Å². The molecule has 0 spiro atoms. The maximum Gasteiger partial charge on any atom is 0.230 e. The minimum absolute atomic E-state index is 0. The van der Waals surface area contributed by atoms with Gasteiger partial charge in [-0.25, -0.2) is 0 Å². The fourth-order valence-electron chi connectivity index (χ4n) is 0.960. The van der Waals surface area contributed by atoms with Crippen molar-refractivity contribution >= 4 is 29.6 Å². The van der Waals surface area contributed by atoms with Crippen molar-refractivity contribution in [2.45, 2.75) is 25.7 Å². The zero-order valence-electron chi connectivity index (χ0n) is 8.89. The molecule has 0 aliphatic rings. The molecule has 7 heteroatoms. The van der Waals surface area contributed by atoms with Crippen LogP contribution in [0.2, 0.25) is 0 Å². The summed E-state index contributed by atoms with van der Waals surface area (Å²) >= 11 is 0. The van der Waals surface area contributed by atoms with Gasteiger partial charge in [0, 0.05) is 36.2 Å². The molecule has 0 atom stereocenters. The fourth-order valence-corrected chi connectivity index (χ4v) is 0.960. The molecule has 0 fully saturated rings. The Morgan fingerprint density at radius 2 is 1.86 bits per heavy atom. The molecule has 1 radical (unpaired) electrons. The molecule has 0 aromatic heterocycles. The molecular formula is C7H17N3NaO3. The van der Waals surface area contributed by atoms with Gasteiger partial charge in [0.2, 0.25) is 5.28 Å². The quantitative estimate of drug-likeness (QED) is 0.211. The largest absolute Gasteiger partial charge is 0.569 e. The normalized spacial score (nSPS) is 10.9. The average molecular weight is 214 g/mol. The molecule has 0 aromatic rings. The maximum atomic E-state index is 10.6. The summed E-state index contributed by atoms with van der Waals surface area (Å²) in [6.45, 7) is 0.772. The van der Waals surface area contributed by atoms with Crippen molar-refractivity contribution in [1.29, 1.82) is 0 Å². The van der Waals surface area contributed by atoms with Gasteiger partial charge in [-0.3, -0.25) is 0 Å². The van der Waals surface area contributed by atoms with Gasteiger partial charge >= 0.3 is 0 Å². The summed E-state index contributed by atoms with van der Waals surface area (Å²) < 4.78 is 0. The minimum atomic E-state index is 0. The molecule has 0 bridgehead atoms. The zero-order valence-corrected chi connectivity index (χ0v) is 10.9. The Labute approximate surface area is 106 Å². The number of rotatable bonds is 7. The van der Waals surface area contributed by atoms with Crippen molar-refractivity contribution < 1.29 is 15.3 Å². The van der Waals surface area contributed by atoms with Crippen molar-refractivity contribution in [2.75, 3.05) is 20.2 Å². The molecule has 0 amide bonds. The van der Waals surface area contributed by atoms with Crippen molar-refractivity contribution in [1.82, 2.24) is 5.01 Å². The molecule has 0 unspecified atom stereocenters. The van der Waals surface area contributed by atoms with Gasteiger partial charge in [-0.1, -0.05) is 12.8 Å². The van der Waals surface area contributed by atoms with Gasteiger partial charge in [-0.15, -0.1) is 5.01 Å². The van der Waals surface area contributed by atoms with Crippen LogP contribution < -0.4 is 0 Å². The first kappa shape index (κ1) is 16.4.